The van der Waals surface area contributed by atoms with E-state index in [0.29, 0.717) is 13.1 Å². The van der Waals surface area contributed by atoms with Gasteiger partial charge in [-0.2, -0.15) is 5.26 Å². The zero-order chi connectivity index (χ0) is 20.7. The molecule has 1 unspecified atom stereocenters. The van der Waals surface area contributed by atoms with Crippen LogP contribution in [0.25, 0.3) is 0 Å². The zero-order valence-electron chi connectivity index (χ0n) is 17.5. The number of aryl methyl sites for hydroxylation is 1. The van der Waals surface area contributed by atoms with Crippen LogP contribution >= 0.6 is 0 Å². The zero-order valence-corrected chi connectivity index (χ0v) is 17.5. The summed E-state index contributed by atoms with van der Waals surface area (Å²) in [4.78, 5) is 31.9. The molecule has 3 aliphatic rings. The lowest BCUT2D eigenvalue weighted by Gasteiger charge is -2.38. The predicted molar refractivity (Wildman–Crippen MR) is 110 cm³/mol. The van der Waals surface area contributed by atoms with Crippen molar-refractivity contribution in [3.05, 3.63) is 35.4 Å². The summed E-state index contributed by atoms with van der Waals surface area (Å²) in [5.74, 6) is 0.0407. The molecule has 3 saturated heterocycles. The van der Waals surface area contributed by atoms with E-state index < -0.39 is 0 Å². The normalized spacial score (nSPS) is 28.6. The summed E-state index contributed by atoms with van der Waals surface area (Å²) >= 11 is 0. The van der Waals surface area contributed by atoms with E-state index in [1.54, 1.807) is 4.90 Å². The Kier molecular flexibility index (Phi) is 5.35. The van der Waals surface area contributed by atoms with Crippen molar-refractivity contribution in [1.82, 2.24) is 14.7 Å². The minimum absolute atomic E-state index is 0.0502. The lowest BCUT2D eigenvalue weighted by molar-refractivity contribution is -0.142. The first kappa shape index (κ1) is 19.9. The number of amides is 2. The molecule has 0 aliphatic carbocycles. The maximum Gasteiger partial charge on any atom is 0.240 e. The van der Waals surface area contributed by atoms with Crippen molar-refractivity contribution in [3.8, 4) is 6.07 Å². The summed E-state index contributed by atoms with van der Waals surface area (Å²) in [6.07, 6.45) is 2.52. The molecule has 5 atom stereocenters. The third-order valence-electron chi connectivity index (χ3n) is 6.87. The standard InChI is InChI=1S/C23H30N4O2/c1-15-6-4-7-18(10-15)17(3)27-20-11-21(23(27)29)25(14-20)13-16(2)22(28)26-9-5-8-19(26)12-24/h4,6-7,10,16-17,19-21H,5,8-9,11,13-14H2,1-3H3/t16-,17+,19-,20?,21-/m0/s1. The minimum atomic E-state index is -0.285. The average Bonchev–Trinajstić information content (AvgIpc) is 3.41. The molecular weight excluding hydrogens is 364 g/mol. The van der Waals surface area contributed by atoms with Crippen molar-refractivity contribution in [1.29, 1.82) is 5.26 Å². The predicted octanol–water partition coefficient (Wildman–Crippen LogP) is 2.49. The molecule has 6 nitrogen and oxygen atoms in total. The molecule has 0 aromatic heterocycles. The number of fused-ring (bicyclic) bond motifs is 2. The molecule has 2 bridgehead atoms. The first-order valence-electron chi connectivity index (χ1n) is 10.7. The van der Waals surface area contributed by atoms with Gasteiger partial charge in [0.05, 0.1) is 18.2 Å². The monoisotopic (exact) mass is 394 g/mol. The number of carbonyl (C=O) groups excluding carboxylic acids is 2. The maximum absolute atomic E-state index is 13.1. The Morgan fingerprint density at radius 2 is 2.14 bits per heavy atom. The van der Waals surface area contributed by atoms with Crippen LogP contribution in [0.5, 0.6) is 0 Å². The summed E-state index contributed by atoms with van der Waals surface area (Å²) < 4.78 is 0. The van der Waals surface area contributed by atoms with Gasteiger partial charge in [0.15, 0.2) is 0 Å². The fraction of sp³-hybridized carbons (Fsp3) is 0.609. The lowest BCUT2D eigenvalue weighted by Crippen LogP contribution is -2.53. The van der Waals surface area contributed by atoms with Gasteiger partial charge in [0.2, 0.25) is 11.8 Å². The van der Waals surface area contributed by atoms with E-state index in [9.17, 15) is 14.9 Å². The smallest absolute Gasteiger partial charge is 0.240 e. The summed E-state index contributed by atoms with van der Waals surface area (Å²) in [6, 6.07) is 10.5. The molecule has 154 valence electrons. The van der Waals surface area contributed by atoms with Crippen LogP contribution in [0.15, 0.2) is 24.3 Å². The van der Waals surface area contributed by atoms with Gasteiger partial charge in [-0.25, -0.2) is 0 Å². The summed E-state index contributed by atoms with van der Waals surface area (Å²) in [7, 11) is 0. The van der Waals surface area contributed by atoms with Crippen LogP contribution < -0.4 is 0 Å². The number of piperazine rings is 1. The van der Waals surface area contributed by atoms with Gasteiger partial charge < -0.3 is 9.80 Å². The Morgan fingerprint density at radius 3 is 2.83 bits per heavy atom. The molecule has 3 aliphatic heterocycles. The van der Waals surface area contributed by atoms with E-state index in [-0.39, 0.29) is 41.9 Å². The van der Waals surface area contributed by atoms with E-state index in [1.807, 2.05) is 13.0 Å². The van der Waals surface area contributed by atoms with E-state index in [1.165, 1.54) is 11.1 Å². The van der Waals surface area contributed by atoms with Crippen LogP contribution in [0.2, 0.25) is 0 Å². The number of hydrogen-bond donors (Lipinski definition) is 0. The second-order valence-corrected chi connectivity index (χ2v) is 8.91. The number of likely N-dealkylation sites (tertiary alicyclic amines) is 3. The highest BCUT2D eigenvalue weighted by Gasteiger charge is 2.51. The van der Waals surface area contributed by atoms with Crippen molar-refractivity contribution in [2.24, 2.45) is 5.92 Å². The summed E-state index contributed by atoms with van der Waals surface area (Å²) in [5.41, 5.74) is 2.38. The fourth-order valence-corrected chi connectivity index (χ4v) is 5.37. The van der Waals surface area contributed by atoms with Crippen molar-refractivity contribution in [2.75, 3.05) is 19.6 Å². The third kappa shape index (κ3) is 3.53. The topological polar surface area (TPSA) is 67.7 Å². The highest BCUT2D eigenvalue weighted by Crippen LogP contribution is 2.38. The molecule has 0 radical (unpaired) electrons. The van der Waals surface area contributed by atoms with Crippen LogP contribution in [0.3, 0.4) is 0 Å². The van der Waals surface area contributed by atoms with Gasteiger partial charge in [-0.05, 0) is 38.7 Å². The Bertz CT molecular complexity index is 848. The molecule has 29 heavy (non-hydrogen) atoms. The van der Waals surface area contributed by atoms with Gasteiger partial charge in [-0.15, -0.1) is 0 Å². The molecule has 3 heterocycles. The molecular formula is C23H30N4O2. The van der Waals surface area contributed by atoms with Gasteiger partial charge in [-0.1, -0.05) is 36.8 Å². The Labute approximate surface area is 173 Å². The SMILES string of the molecule is Cc1cccc([C@@H](C)N2C(=O)[C@@H]3CC2CN3C[C@H](C)C(=O)N2CCC[C@H]2C#N)c1. The molecule has 1 aromatic carbocycles. The van der Waals surface area contributed by atoms with Crippen LogP contribution in [0.4, 0.5) is 0 Å². The fourth-order valence-electron chi connectivity index (χ4n) is 5.37. The lowest BCUT2D eigenvalue weighted by atomic mass is 10.0. The molecule has 6 heteroatoms. The Morgan fingerprint density at radius 1 is 1.34 bits per heavy atom. The van der Waals surface area contributed by atoms with Crippen LogP contribution in [-0.2, 0) is 9.59 Å². The number of nitriles is 1. The molecule has 0 N–H and O–H groups in total. The molecule has 0 spiro atoms. The number of carbonyl (C=O) groups is 2. The summed E-state index contributed by atoms with van der Waals surface area (Å²) in [5, 5.41) is 9.26. The van der Waals surface area contributed by atoms with Crippen molar-refractivity contribution in [2.45, 2.75) is 64.2 Å². The largest absolute Gasteiger partial charge is 0.330 e. The van der Waals surface area contributed by atoms with Crippen molar-refractivity contribution in [3.63, 3.8) is 0 Å². The number of benzene rings is 1. The Balaban J connectivity index is 1.40. The second-order valence-electron chi connectivity index (χ2n) is 8.91. The van der Waals surface area contributed by atoms with Gasteiger partial charge >= 0.3 is 0 Å². The minimum Gasteiger partial charge on any atom is -0.330 e. The first-order valence-corrected chi connectivity index (χ1v) is 10.7. The summed E-state index contributed by atoms with van der Waals surface area (Å²) in [6.45, 7) is 8.20. The molecule has 2 amide bonds. The number of hydrogen-bond acceptors (Lipinski definition) is 4. The van der Waals surface area contributed by atoms with Gasteiger partial charge in [0, 0.05) is 31.6 Å². The third-order valence-corrected chi connectivity index (χ3v) is 6.87. The van der Waals surface area contributed by atoms with Gasteiger partial charge in [0.25, 0.3) is 0 Å². The quantitative estimate of drug-likeness (QED) is 0.770. The number of rotatable bonds is 5. The van der Waals surface area contributed by atoms with E-state index in [0.717, 1.165) is 25.8 Å². The maximum atomic E-state index is 13.1. The van der Waals surface area contributed by atoms with Crippen molar-refractivity contribution < 1.29 is 9.59 Å². The van der Waals surface area contributed by atoms with E-state index in [4.69, 9.17) is 0 Å². The van der Waals surface area contributed by atoms with E-state index in [2.05, 4.69) is 47.9 Å². The highest BCUT2D eigenvalue weighted by molar-refractivity contribution is 5.86. The van der Waals surface area contributed by atoms with Crippen molar-refractivity contribution >= 4 is 11.8 Å². The molecule has 3 fully saturated rings. The van der Waals surface area contributed by atoms with Crippen LogP contribution in [-0.4, -0.2) is 64.3 Å². The average molecular weight is 395 g/mol. The van der Waals surface area contributed by atoms with Gasteiger partial charge in [-0.3, -0.25) is 14.5 Å². The first-order chi connectivity index (χ1) is 13.9. The van der Waals surface area contributed by atoms with Crippen LogP contribution in [0.1, 0.15) is 50.3 Å². The number of nitrogens with zero attached hydrogens (tertiary/aromatic N) is 4. The second kappa shape index (κ2) is 7.79. The molecule has 1 aromatic rings. The van der Waals surface area contributed by atoms with Gasteiger partial charge in [0.1, 0.15) is 6.04 Å². The van der Waals surface area contributed by atoms with E-state index >= 15 is 0 Å². The highest BCUT2D eigenvalue weighted by atomic mass is 16.2. The van der Waals surface area contributed by atoms with Crippen LogP contribution in [0, 0.1) is 24.2 Å². The Hall–Kier alpha value is -2.39. The molecule has 0 saturated carbocycles. The molecule has 4 rings (SSSR count).